The molecule has 178 valence electrons. The number of thioether (sulfide) groups is 1. The number of benzene rings is 3. The van der Waals surface area contributed by atoms with E-state index in [1.54, 1.807) is 54.6 Å². The maximum absolute atomic E-state index is 13.7. The van der Waals surface area contributed by atoms with Crippen molar-refractivity contribution in [3.63, 3.8) is 0 Å². The predicted octanol–water partition coefficient (Wildman–Crippen LogP) is 6.39. The molecule has 1 aliphatic heterocycles. The van der Waals surface area contributed by atoms with Crippen molar-refractivity contribution in [2.45, 2.75) is 6.54 Å². The summed E-state index contributed by atoms with van der Waals surface area (Å²) in [4.78, 5) is 38.6. The minimum atomic E-state index is -0.555. The van der Waals surface area contributed by atoms with Crippen LogP contribution in [0.1, 0.15) is 11.1 Å². The number of rotatable bonds is 7. The topological polar surface area (TPSA) is 75.7 Å². The van der Waals surface area contributed by atoms with E-state index in [9.17, 15) is 18.8 Å². The van der Waals surface area contributed by atoms with Crippen LogP contribution in [0.25, 0.3) is 6.08 Å². The van der Waals surface area contributed by atoms with E-state index >= 15 is 0 Å². The Morgan fingerprint density at radius 3 is 2.51 bits per heavy atom. The highest BCUT2D eigenvalue weighted by molar-refractivity contribution is 8.18. The van der Waals surface area contributed by atoms with Gasteiger partial charge in [0.15, 0.2) is 6.61 Å². The van der Waals surface area contributed by atoms with Crippen molar-refractivity contribution in [1.29, 1.82) is 0 Å². The summed E-state index contributed by atoms with van der Waals surface area (Å²) in [6.07, 6.45) is 1.56. The summed E-state index contributed by atoms with van der Waals surface area (Å²) in [6, 6.07) is 17.4. The van der Waals surface area contributed by atoms with Gasteiger partial charge in [-0.1, -0.05) is 53.5 Å². The number of hydrogen-bond acceptors (Lipinski definition) is 5. The maximum Gasteiger partial charge on any atom is 0.293 e. The molecule has 1 heterocycles. The third kappa shape index (κ3) is 6.22. The van der Waals surface area contributed by atoms with Gasteiger partial charge in [-0.3, -0.25) is 19.3 Å². The maximum atomic E-state index is 13.7. The molecule has 1 N–H and O–H groups in total. The highest BCUT2D eigenvalue weighted by atomic mass is 35.5. The molecular formula is C25H17Cl2FN2O4S. The Morgan fingerprint density at radius 1 is 1.06 bits per heavy atom. The number of ether oxygens (including phenoxy) is 1. The Labute approximate surface area is 214 Å². The van der Waals surface area contributed by atoms with E-state index in [1.165, 1.54) is 18.2 Å². The third-order valence-corrected chi connectivity index (χ3v) is 6.34. The standard InChI is InChI=1S/C25H17Cl2FN2O4S/c26-17-8-5-15(6-9-17)13-30-24(32)22(35-25(30)33)12-16-7-10-21(18(27)11-16)34-14-23(31)29-20-4-2-1-3-19(20)28/h1-12H,13-14H2,(H,29,31)/b22-12-. The highest BCUT2D eigenvalue weighted by Gasteiger charge is 2.35. The SMILES string of the molecule is O=C(COc1ccc(/C=C2\SC(=O)N(Cc3ccc(Cl)cc3)C2=O)cc1Cl)Nc1ccccc1F. The van der Waals surface area contributed by atoms with Gasteiger partial charge in [-0.05, 0) is 65.4 Å². The Kier molecular flexibility index (Phi) is 7.75. The quantitative estimate of drug-likeness (QED) is 0.358. The number of imide groups is 1. The zero-order valence-corrected chi connectivity index (χ0v) is 20.3. The predicted molar refractivity (Wildman–Crippen MR) is 135 cm³/mol. The van der Waals surface area contributed by atoms with E-state index in [4.69, 9.17) is 27.9 Å². The van der Waals surface area contributed by atoms with Crippen LogP contribution in [0.2, 0.25) is 10.0 Å². The second kappa shape index (κ2) is 10.9. The van der Waals surface area contributed by atoms with E-state index in [0.717, 1.165) is 22.2 Å². The number of nitrogens with one attached hydrogen (secondary N) is 1. The van der Waals surface area contributed by atoms with Crippen LogP contribution in [0, 0.1) is 5.82 Å². The number of carbonyl (C=O) groups is 3. The van der Waals surface area contributed by atoms with E-state index in [2.05, 4.69) is 5.32 Å². The van der Waals surface area contributed by atoms with Crippen LogP contribution >= 0.6 is 35.0 Å². The molecule has 1 saturated heterocycles. The molecule has 4 rings (SSSR count). The lowest BCUT2D eigenvalue weighted by Gasteiger charge is -2.12. The van der Waals surface area contributed by atoms with E-state index in [-0.39, 0.29) is 39.8 Å². The van der Waals surface area contributed by atoms with Crippen molar-refractivity contribution in [2.75, 3.05) is 11.9 Å². The first-order valence-corrected chi connectivity index (χ1v) is 11.8. The van der Waals surface area contributed by atoms with Crippen LogP contribution < -0.4 is 10.1 Å². The molecule has 6 nitrogen and oxygen atoms in total. The molecule has 0 saturated carbocycles. The zero-order chi connectivity index (χ0) is 24.9. The van der Waals surface area contributed by atoms with Crippen molar-refractivity contribution in [3.8, 4) is 5.75 Å². The van der Waals surface area contributed by atoms with Crippen molar-refractivity contribution in [2.24, 2.45) is 0 Å². The molecule has 0 unspecified atom stereocenters. The molecule has 3 aromatic rings. The Morgan fingerprint density at radius 2 is 1.80 bits per heavy atom. The summed E-state index contributed by atoms with van der Waals surface area (Å²) >= 11 is 13.0. The zero-order valence-electron chi connectivity index (χ0n) is 18.0. The monoisotopic (exact) mass is 530 g/mol. The second-order valence-electron chi connectivity index (χ2n) is 7.40. The normalized spacial score (nSPS) is 14.5. The highest BCUT2D eigenvalue weighted by Crippen LogP contribution is 2.34. The average molecular weight is 531 g/mol. The molecule has 1 fully saturated rings. The van der Waals surface area contributed by atoms with Crippen molar-refractivity contribution < 1.29 is 23.5 Å². The van der Waals surface area contributed by atoms with Crippen LogP contribution in [0.5, 0.6) is 5.75 Å². The molecule has 0 spiro atoms. The fourth-order valence-electron chi connectivity index (χ4n) is 3.18. The number of anilines is 1. The molecule has 0 radical (unpaired) electrons. The fourth-order valence-corrected chi connectivity index (χ4v) is 4.38. The summed E-state index contributed by atoms with van der Waals surface area (Å²) in [7, 11) is 0. The van der Waals surface area contributed by atoms with Crippen LogP contribution in [0.15, 0.2) is 71.6 Å². The van der Waals surface area contributed by atoms with Gasteiger partial charge in [0.05, 0.1) is 22.2 Å². The van der Waals surface area contributed by atoms with Gasteiger partial charge in [-0.15, -0.1) is 0 Å². The van der Waals surface area contributed by atoms with Crippen molar-refractivity contribution >= 4 is 63.8 Å². The third-order valence-electron chi connectivity index (χ3n) is 4.89. The van der Waals surface area contributed by atoms with Gasteiger partial charge < -0.3 is 10.1 Å². The summed E-state index contributed by atoms with van der Waals surface area (Å²) in [5, 5.41) is 2.82. The molecule has 10 heteroatoms. The van der Waals surface area contributed by atoms with Gasteiger partial charge in [-0.2, -0.15) is 0 Å². The minimum Gasteiger partial charge on any atom is -0.482 e. The summed E-state index contributed by atoms with van der Waals surface area (Å²) in [6.45, 7) is -0.237. The number of nitrogens with zero attached hydrogens (tertiary/aromatic N) is 1. The molecule has 0 aliphatic carbocycles. The summed E-state index contributed by atoms with van der Waals surface area (Å²) in [5.74, 6) is -1.27. The van der Waals surface area contributed by atoms with Crippen LogP contribution in [-0.2, 0) is 16.1 Å². The lowest BCUT2D eigenvalue weighted by Crippen LogP contribution is -2.27. The number of amides is 3. The van der Waals surface area contributed by atoms with Gasteiger partial charge >= 0.3 is 0 Å². The fraction of sp³-hybridized carbons (Fsp3) is 0.0800. The van der Waals surface area contributed by atoms with Gasteiger partial charge in [0, 0.05) is 5.02 Å². The Balaban J connectivity index is 1.39. The van der Waals surface area contributed by atoms with E-state index in [1.807, 2.05) is 0 Å². The number of carbonyl (C=O) groups excluding carboxylic acids is 3. The summed E-state index contributed by atoms with van der Waals surface area (Å²) in [5.41, 5.74) is 1.41. The molecule has 1 aliphatic rings. The Hall–Kier alpha value is -3.33. The minimum absolute atomic E-state index is 0.0487. The van der Waals surface area contributed by atoms with Gasteiger partial charge in [0.25, 0.3) is 17.1 Å². The number of para-hydroxylation sites is 1. The van der Waals surface area contributed by atoms with Crippen LogP contribution in [-0.4, -0.2) is 28.6 Å². The average Bonchev–Trinajstić information content (AvgIpc) is 3.08. The van der Waals surface area contributed by atoms with Gasteiger partial charge in [0.2, 0.25) is 0 Å². The lowest BCUT2D eigenvalue weighted by molar-refractivity contribution is -0.123. The molecule has 0 aromatic heterocycles. The molecule has 35 heavy (non-hydrogen) atoms. The molecular weight excluding hydrogens is 514 g/mol. The van der Waals surface area contributed by atoms with Crippen molar-refractivity contribution in [3.05, 3.63) is 98.6 Å². The Bertz CT molecular complexity index is 1330. The van der Waals surface area contributed by atoms with E-state index < -0.39 is 17.6 Å². The van der Waals surface area contributed by atoms with Crippen molar-refractivity contribution in [1.82, 2.24) is 4.90 Å². The number of hydrogen-bond donors (Lipinski definition) is 1. The first-order valence-electron chi connectivity index (χ1n) is 10.3. The molecule has 3 amide bonds. The van der Waals surface area contributed by atoms with Gasteiger partial charge in [-0.25, -0.2) is 4.39 Å². The van der Waals surface area contributed by atoms with Gasteiger partial charge in [0.1, 0.15) is 11.6 Å². The first-order chi connectivity index (χ1) is 16.8. The lowest BCUT2D eigenvalue weighted by atomic mass is 10.2. The van der Waals surface area contributed by atoms with E-state index in [0.29, 0.717) is 10.6 Å². The summed E-state index contributed by atoms with van der Waals surface area (Å²) < 4.78 is 19.1. The molecule has 0 bridgehead atoms. The molecule has 3 aromatic carbocycles. The van der Waals surface area contributed by atoms with Crippen LogP contribution in [0.3, 0.4) is 0 Å². The smallest absolute Gasteiger partial charge is 0.293 e. The van der Waals surface area contributed by atoms with Crippen LogP contribution in [0.4, 0.5) is 14.9 Å². The first kappa shape index (κ1) is 24.8. The number of halogens is 3. The molecule has 0 atom stereocenters. The largest absolute Gasteiger partial charge is 0.482 e. The second-order valence-corrected chi connectivity index (χ2v) is 9.24.